The molecule has 1 atom stereocenters. The number of rotatable bonds is 2. The molecule has 0 N–H and O–H groups in total. The topological polar surface area (TPSA) is 67.8 Å². The number of nitrogens with zero attached hydrogens (tertiary/aromatic N) is 4. The fourth-order valence-corrected chi connectivity index (χ4v) is 3.32. The Hall–Kier alpha value is -2.65. The molecule has 1 aromatic heterocycles. The summed E-state index contributed by atoms with van der Waals surface area (Å²) < 4.78 is 38.3. The number of ether oxygens (including phenoxy) is 2. The molecule has 27 heavy (non-hydrogen) atoms. The van der Waals surface area contributed by atoms with E-state index in [1.807, 2.05) is 4.90 Å². The SMILES string of the molecule is O=C1COC2(COCCN(c3ncc(F)cn3)C2)CN1c1cccc(F)c1. The molecule has 4 rings (SSSR count). The van der Waals surface area contributed by atoms with Crippen molar-refractivity contribution in [1.82, 2.24) is 9.97 Å². The summed E-state index contributed by atoms with van der Waals surface area (Å²) in [6, 6.07) is 5.88. The minimum atomic E-state index is -0.825. The quantitative estimate of drug-likeness (QED) is 0.789. The summed E-state index contributed by atoms with van der Waals surface area (Å²) in [5.41, 5.74) is -0.356. The molecular weight excluding hydrogens is 358 g/mol. The minimum Gasteiger partial charge on any atom is -0.376 e. The van der Waals surface area contributed by atoms with Crippen molar-refractivity contribution in [2.75, 3.05) is 49.3 Å². The molecular formula is C18H18F2N4O3. The van der Waals surface area contributed by atoms with Gasteiger partial charge < -0.3 is 19.3 Å². The lowest BCUT2D eigenvalue weighted by atomic mass is 10.0. The van der Waals surface area contributed by atoms with Gasteiger partial charge in [-0.15, -0.1) is 0 Å². The first kappa shape index (κ1) is 17.7. The largest absolute Gasteiger partial charge is 0.376 e. The fraction of sp³-hybridized carbons (Fsp3) is 0.389. The Kier molecular flexibility index (Phi) is 4.71. The predicted molar refractivity (Wildman–Crippen MR) is 92.5 cm³/mol. The first-order valence-electron chi connectivity index (χ1n) is 8.55. The maximum absolute atomic E-state index is 13.6. The van der Waals surface area contributed by atoms with E-state index in [1.54, 1.807) is 12.1 Å². The Morgan fingerprint density at radius 1 is 1.11 bits per heavy atom. The number of halogens is 2. The predicted octanol–water partition coefficient (Wildman–Crippen LogP) is 1.39. The van der Waals surface area contributed by atoms with Gasteiger partial charge >= 0.3 is 0 Å². The third-order valence-corrected chi connectivity index (χ3v) is 4.61. The molecule has 2 aliphatic heterocycles. The molecule has 7 nitrogen and oxygen atoms in total. The highest BCUT2D eigenvalue weighted by Gasteiger charge is 2.44. The maximum Gasteiger partial charge on any atom is 0.253 e. The first-order chi connectivity index (χ1) is 13.0. The van der Waals surface area contributed by atoms with E-state index in [9.17, 15) is 13.6 Å². The van der Waals surface area contributed by atoms with Crippen molar-refractivity contribution >= 4 is 17.5 Å². The van der Waals surface area contributed by atoms with Crippen LogP contribution in [0, 0.1) is 11.6 Å². The molecule has 0 radical (unpaired) electrons. The van der Waals surface area contributed by atoms with Gasteiger partial charge in [0.1, 0.15) is 18.0 Å². The van der Waals surface area contributed by atoms with Crippen molar-refractivity contribution < 1.29 is 23.0 Å². The number of amides is 1. The number of carbonyl (C=O) groups excluding carboxylic acids is 1. The summed E-state index contributed by atoms with van der Waals surface area (Å²) in [4.78, 5) is 23.8. The molecule has 9 heteroatoms. The summed E-state index contributed by atoms with van der Waals surface area (Å²) in [6.07, 6.45) is 2.20. The minimum absolute atomic E-state index is 0.141. The number of aromatic nitrogens is 2. The number of hydrogen-bond acceptors (Lipinski definition) is 6. The van der Waals surface area contributed by atoms with Crippen molar-refractivity contribution in [2.45, 2.75) is 5.60 Å². The van der Waals surface area contributed by atoms with Crippen LogP contribution in [0.5, 0.6) is 0 Å². The molecule has 1 unspecified atom stereocenters. The molecule has 1 spiro atoms. The van der Waals surface area contributed by atoms with Gasteiger partial charge in [-0.25, -0.2) is 18.7 Å². The Morgan fingerprint density at radius 2 is 1.93 bits per heavy atom. The van der Waals surface area contributed by atoms with E-state index in [-0.39, 0.29) is 25.7 Å². The number of hydrogen-bond donors (Lipinski definition) is 0. The summed E-state index contributed by atoms with van der Waals surface area (Å²) in [5.74, 6) is -0.824. The smallest absolute Gasteiger partial charge is 0.253 e. The molecule has 142 valence electrons. The summed E-state index contributed by atoms with van der Waals surface area (Å²) >= 11 is 0. The molecule has 0 saturated carbocycles. The van der Waals surface area contributed by atoms with E-state index in [1.165, 1.54) is 17.0 Å². The molecule has 2 aromatic rings. The summed E-state index contributed by atoms with van der Waals surface area (Å²) in [6.45, 7) is 1.61. The maximum atomic E-state index is 13.6. The normalized spacial score (nSPS) is 23.6. The lowest BCUT2D eigenvalue weighted by molar-refractivity contribution is -0.143. The van der Waals surface area contributed by atoms with Gasteiger partial charge in [0.05, 0.1) is 38.7 Å². The molecule has 0 bridgehead atoms. The van der Waals surface area contributed by atoms with Crippen molar-refractivity contribution in [3.63, 3.8) is 0 Å². The molecule has 2 fully saturated rings. The zero-order chi connectivity index (χ0) is 18.9. The van der Waals surface area contributed by atoms with Crippen LogP contribution in [0.4, 0.5) is 20.4 Å². The monoisotopic (exact) mass is 376 g/mol. The van der Waals surface area contributed by atoms with Crippen LogP contribution in [-0.4, -0.2) is 60.9 Å². The highest BCUT2D eigenvalue weighted by molar-refractivity contribution is 5.95. The van der Waals surface area contributed by atoms with Crippen molar-refractivity contribution in [2.24, 2.45) is 0 Å². The number of morpholine rings is 1. The number of anilines is 2. The second-order valence-corrected chi connectivity index (χ2v) is 6.61. The molecule has 0 aliphatic carbocycles. The van der Waals surface area contributed by atoms with Crippen LogP contribution in [0.2, 0.25) is 0 Å². The van der Waals surface area contributed by atoms with Crippen LogP contribution < -0.4 is 9.80 Å². The van der Waals surface area contributed by atoms with Crippen LogP contribution in [0.15, 0.2) is 36.7 Å². The second-order valence-electron chi connectivity index (χ2n) is 6.61. The Labute approximate surface area is 154 Å². The van der Waals surface area contributed by atoms with Crippen molar-refractivity contribution in [3.05, 3.63) is 48.3 Å². The Bertz CT molecular complexity index is 836. The molecule has 1 amide bonds. The van der Waals surface area contributed by atoms with Gasteiger partial charge in [-0.1, -0.05) is 6.07 Å². The second kappa shape index (κ2) is 7.16. The van der Waals surface area contributed by atoms with Crippen LogP contribution in [0.3, 0.4) is 0 Å². The molecule has 3 heterocycles. The third-order valence-electron chi connectivity index (χ3n) is 4.61. The van der Waals surface area contributed by atoms with Crippen LogP contribution in [0.1, 0.15) is 0 Å². The van der Waals surface area contributed by atoms with E-state index in [0.717, 1.165) is 12.4 Å². The lowest BCUT2D eigenvalue weighted by Gasteiger charge is -2.42. The van der Waals surface area contributed by atoms with Gasteiger partial charge in [0.25, 0.3) is 5.91 Å². The summed E-state index contributed by atoms with van der Waals surface area (Å²) in [7, 11) is 0. The van der Waals surface area contributed by atoms with Crippen LogP contribution >= 0.6 is 0 Å². The highest BCUT2D eigenvalue weighted by Crippen LogP contribution is 2.28. The lowest BCUT2D eigenvalue weighted by Crippen LogP contribution is -2.61. The van der Waals surface area contributed by atoms with Gasteiger partial charge in [0, 0.05) is 12.2 Å². The highest BCUT2D eigenvalue weighted by atomic mass is 19.1. The average Bonchev–Trinajstić information content (AvgIpc) is 2.87. The van der Waals surface area contributed by atoms with Gasteiger partial charge in [-0.2, -0.15) is 0 Å². The average molecular weight is 376 g/mol. The van der Waals surface area contributed by atoms with Gasteiger partial charge in [0.2, 0.25) is 5.95 Å². The zero-order valence-corrected chi connectivity index (χ0v) is 14.5. The third kappa shape index (κ3) is 3.74. The van der Waals surface area contributed by atoms with E-state index in [0.29, 0.717) is 31.3 Å². The summed E-state index contributed by atoms with van der Waals surface area (Å²) in [5, 5.41) is 0. The van der Waals surface area contributed by atoms with Gasteiger partial charge in [0.15, 0.2) is 5.82 Å². The Morgan fingerprint density at radius 3 is 2.70 bits per heavy atom. The molecule has 2 saturated heterocycles. The first-order valence-corrected chi connectivity index (χ1v) is 8.55. The van der Waals surface area contributed by atoms with Crippen molar-refractivity contribution in [3.8, 4) is 0 Å². The number of carbonyl (C=O) groups is 1. The van der Waals surface area contributed by atoms with E-state index in [2.05, 4.69) is 9.97 Å². The van der Waals surface area contributed by atoms with E-state index < -0.39 is 17.2 Å². The van der Waals surface area contributed by atoms with E-state index >= 15 is 0 Å². The Balaban J connectivity index is 1.60. The molecule has 2 aliphatic rings. The van der Waals surface area contributed by atoms with Crippen LogP contribution in [0.25, 0.3) is 0 Å². The number of benzene rings is 1. The fourth-order valence-electron chi connectivity index (χ4n) is 3.32. The van der Waals surface area contributed by atoms with Crippen LogP contribution in [-0.2, 0) is 14.3 Å². The van der Waals surface area contributed by atoms with Gasteiger partial charge in [-0.05, 0) is 18.2 Å². The van der Waals surface area contributed by atoms with Gasteiger partial charge in [-0.3, -0.25) is 4.79 Å². The zero-order valence-electron chi connectivity index (χ0n) is 14.5. The van der Waals surface area contributed by atoms with E-state index in [4.69, 9.17) is 9.47 Å². The molecule has 1 aromatic carbocycles. The van der Waals surface area contributed by atoms with Crippen molar-refractivity contribution in [1.29, 1.82) is 0 Å². The standard InChI is InChI=1S/C18H18F2N4O3/c19-13-2-1-3-15(6-13)24-11-18(27-9-16(24)25)10-23(4-5-26-12-18)17-21-7-14(20)8-22-17/h1-3,6-8H,4-5,9-12H2.